The number of carbonyl (C=O) groups excluding carboxylic acids is 1. The highest BCUT2D eigenvalue weighted by molar-refractivity contribution is 5.74. The van der Waals surface area contributed by atoms with Crippen molar-refractivity contribution in [2.45, 2.75) is 45.8 Å². The number of carbonyl (C=O) groups is 1. The molecule has 0 fully saturated rings. The molecule has 0 saturated carbocycles. The van der Waals surface area contributed by atoms with Crippen molar-refractivity contribution in [2.24, 2.45) is 5.92 Å². The molecule has 3 unspecified atom stereocenters. The van der Waals surface area contributed by atoms with Gasteiger partial charge in [-0.3, -0.25) is 0 Å². The minimum atomic E-state index is -0.887. The molecule has 0 aliphatic rings. The average Bonchev–Trinajstić information content (AvgIpc) is 2.45. The van der Waals surface area contributed by atoms with Crippen LogP contribution in [0.3, 0.4) is 0 Å². The Morgan fingerprint density at radius 2 is 1.90 bits per heavy atom. The summed E-state index contributed by atoms with van der Waals surface area (Å²) in [5.74, 6) is 0.134. The summed E-state index contributed by atoms with van der Waals surface area (Å²) < 4.78 is 0. The zero-order valence-corrected chi connectivity index (χ0v) is 12.8. The van der Waals surface area contributed by atoms with Crippen molar-refractivity contribution in [3.8, 4) is 0 Å². The van der Waals surface area contributed by atoms with Crippen LogP contribution in [-0.2, 0) is 0 Å². The van der Waals surface area contributed by atoms with Gasteiger partial charge in [0.05, 0.1) is 11.6 Å². The molecule has 20 heavy (non-hydrogen) atoms. The lowest BCUT2D eigenvalue weighted by molar-refractivity contribution is 0.00785. The van der Waals surface area contributed by atoms with E-state index in [0.29, 0.717) is 0 Å². The summed E-state index contributed by atoms with van der Waals surface area (Å²) >= 11 is 0. The van der Waals surface area contributed by atoms with Crippen LogP contribution in [0.15, 0.2) is 30.3 Å². The van der Waals surface area contributed by atoms with E-state index >= 15 is 0 Å². The highest BCUT2D eigenvalue weighted by Gasteiger charge is 2.27. The molecule has 0 spiro atoms. The van der Waals surface area contributed by atoms with Gasteiger partial charge in [-0.15, -0.1) is 0 Å². The van der Waals surface area contributed by atoms with E-state index in [4.69, 9.17) is 0 Å². The first kappa shape index (κ1) is 16.5. The summed E-state index contributed by atoms with van der Waals surface area (Å²) in [6.45, 7) is 7.93. The summed E-state index contributed by atoms with van der Waals surface area (Å²) in [5, 5.41) is 15.8. The van der Waals surface area contributed by atoms with Gasteiger partial charge in [0.1, 0.15) is 0 Å². The molecule has 1 aromatic rings. The van der Waals surface area contributed by atoms with Crippen molar-refractivity contribution < 1.29 is 9.90 Å². The van der Waals surface area contributed by atoms with E-state index in [1.807, 2.05) is 51.1 Å². The van der Waals surface area contributed by atoms with E-state index in [9.17, 15) is 9.90 Å². The van der Waals surface area contributed by atoms with E-state index in [-0.39, 0.29) is 24.5 Å². The summed E-state index contributed by atoms with van der Waals surface area (Å²) in [4.78, 5) is 11.9. The first-order valence-corrected chi connectivity index (χ1v) is 7.18. The molecule has 0 aliphatic heterocycles. The second-order valence-corrected chi connectivity index (χ2v) is 5.63. The molecule has 1 rings (SSSR count). The number of rotatable bonds is 6. The van der Waals surface area contributed by atoms with E-state index in [0.717, 1.165) is 12.0 Å². The molecule has 0 radical (unpaired) electrons. The Morgan fingerprint density at radius 1 is 1.30 bits per heavy atom. The first-order chi connectivity index (χ1) is 9.36. The lowest BCUT2D eigenvalue weighted by Gasteiger charge is -2.30. The summed E-state index contributed by atoms with van der Waals surface area (Å²) in [7, 11) is 0. The molecule has 0 saturated heterocycles. The number of hydrogen-bond acceptors (Lipinski definition) is 2. The molecular weight excluding hydrogens is 252 g/mol. The third kappa shape index (κ3) is 4.85. The number of benzene rings is 1. The fourth-order valence-corrected chi connectivity index (χ4v) is 1.95. The summed E-state index contributed by atoms with van der Waals surface area (Å²) in [6, 6.07) is 9.45. The van der Waals surface area contributed by atoms with Gasteiger partial charge < -0.3 is 15.7 Å². The minimum Gasteiger partial charge on any atom is -0.388 e. The van der Waals surface area contributed by atoms with Gasteiger partial charge in [0.15, 0.2) is 0 Å². The Labute approximate surface area is 121 Å². The lowest BCUT2D eigenvalue weighted by Crippen LogP contribution is -2.48. The number of amides is 2. The van der Waals surface area contributed by atoms with Gasteiger partial charge >= 0.3 is 6.03 Å². The molecule has 2 amide bonds. The summed E-state index contributed by atoms with van der Waals surface area (Å²) in [6.07, 6.45) is 0.872. The maximum atomic E-state index is 11.9. The number of urea groups is 1. The third-order valence-electron chi connectivity index (χ3n) is 3.93. The van der Waals surface area contributed by atoms with Crippen molar-refractivity contribution in [2.75, 3.05) is 6.54 Å². The van der Waals surface area contributed by atoms with Crippen LogP contribution in [0.1, 0.15) is 45.7 Å². The molecule has 4 heteroatoms. The average molecular weight is 278 g/mol. The van der Waals surface area contributed by atoms with Crippen LogP contribution in [0.25, 0.3) is 0 Å². The van der Waals surface area contributed by atoms with Gasteiger partial charge in [0.2, 0.25) is 0 Å². The van der Waals surface area contributed by atoms with Crippen LogP contribution in [0.2, 0.25) is 0 Å². The number of aliphatic hydroxyl groups is 1. The highest BCUT2D eigenvalue weighted by Crippen LogP contribution is 2.18. The molecule has 0 aromatic heterocycles. The Balaban J connectivity index is 2.45. The van der Waals surface area contributed by atoms with Crippen LogP contribution < -0.4 is 10.6 Å². The molecule has 3 atom stereocenters. The Morgan fingerprint density at radius 3 is 2.45 bits per heavy atom. The van der Waals surface area contributed by atoms with Gasteiger partial charge in [-0.1, -0.05) is 50.6 Å². The number of nitrogens with one attached hydrogen (secondary N) is 2. The van der Waals surface area contributed by atoms with E-state index in [1.54, 1.807) is 6.92 Å². The molecule has 4 nitrogen and oxygen atoms in total. The minimum absolute atomic E-state index is 0.0650. The zero-order valence-electron chi connectivity index (χ0n) is 12.8. The molecule has 0 bridgehead atoms. The Bertz CT molecular complexity index is 418. The van der Waals surface area contributed by atoms with Crippen LogP contribution in [0.4, 0.5) is 4.79 Å². The van der Waals surface area contributed by atoms with Gasteiger partial charge in [-0.2, -0.15) is 0 Å². The monoisotopic (exact) mass is 278 g/mol. The van der Waals surface area contributed by atoms with Crippen LogP contribution in [0, 0.1) is 5.92 Å². The smallest absolute Gasteiger partial charge is 0.315 e. The van der Waals surface area contributed by atoms with Crippen molar-refractivity contribution in [3.05, 3.63) is 35.9 Å². The lowest BCUT2D eigenvalue weighted by atomic mass is 9.89. The molecule has 1 aromatic carbocycles. The Kier molecular flexibility index (Phi) is 6.02. The zero-order chi connectivity index (χ0) is 15.2. The molecule has 3 N–H and O–H groups in total. The van der Waals surface area contributed by atoms with Gasteiger partial charge in [0.25, 0.3) is 0 Å². The SMILES string of the molecule is CCC(C)C(C)(O)CNC(=O)NC(C)c1ccccc1. The molecule has 112 valence electrons. The third-order valence-corrected chi connectivity index (χ3v) is 3.93. The maximum absolute atomic E-state index is 11.9. The van der Waals surface area contributed by atoms with Crippen molar-refractivity contribution in [3.63, 3.8) is 0 Å². The second kappa shape index (κ2) is 7.29. The molecule has 0 aliphatic carbocycles. The van der Waals surface area contributed by atoms with E-state index in [1.165, 1.54) is 0 Å². The highest BCUT2D eigenvalue weighted by atomic mass is 16.3. The standard InChI is InChI=1S/C16H26N2O2/c1-5-12(2)16(4,20)11-17-15(19)18-13(3)14-9-7-6-8-10-14/h6-10,12-13,20H,5,11H2,1-4H3,(H2,17,18,19). The van der Waals surface area contributed by atoms with Crippen LogP contribution in [-0.4, -0.2) is 23.3 Å². The first-order valence-electron chi connectivity index (χ1n) is 7.18. The fourth-order valence-electron chi connectivity index (χ4n) is 1.95. The summed E-state index contributed by atoms with van der Waals surface area (Å²) in [5.41, 5.74) is 0.165. The van der Waals surface area contributed by atoms with Crippen LogP contribution >= 0.6 is 0 Å². The molecular formula is C16H26N2O2. The van der Waals surface area contributed by atoms with E-state index < -0.39 is 5.60 Å². The predicted molar refractivity (Wildman–Crippen MR) is 81.5 cm³/mol. The fraction of sp³-hybridized carbons (Fsp3) is 0.562. The topological polar surface area (TPSA) is 61.4 Å². The van der Waals surface area contributed by atoms with Gasteiger partial charge in [0, 0.05) is 6.54 Å². The number of hydrogen-bond donors (Lipinski definition) is 3. The van der Waals surface area contributed by atoms with Gasteiger partial charge in [-0.25, -0.2) is 4.79 Å². The second-order valence-electron chi connectivity index (χ2n) is 5.63. The quantitative estimate of drug-likeness (QED) is 0.749. The van der Waals surface area contributed by atoms with E-state index in [2.05, 4.69) is 10.6 Å². The molecule has 0 heterocycles. The van der Waals surface area contributed by atoms with Crippen LogP contribution in [0.5, 0.6) is 0 Å². The Hall–Kier alpha value is -1.55. The van der Waals surface area contributed by atoms with Crippen molar-refractivity contribution in [1.29, 1.82) is 0 Å². The largest absolute Gasteiger partial charge is 0.388 e. The van der Waals surface area contributed by atoms with Crippen molar-refractivity contribution in [1.82, 2.24) is 10.6 Å². The van der Waals surface area contributed by atoms with Crippen molar-refractivity contribution >= 4 is 6.03 Å². The van der Waals surface area contributed by atoms with Gasteiger partial charge in [-0.05, 0) is 25.3 Å². The normalized spacial score (nSPS) is 16.9. The predicted octanol–water partition coefficient (Wildman–Crippen LogP) is 2.84. The maximum Gasteiger partial charge on any atom is 0.315 e.